The highest BCUT2D eigenvalue weighted by molar-refractivity contribution is 7.99. The zero-order valence-corrected chi connectivity index (χ0v) is 27.2. The van der Waals surface area contributed by atoms with Gasteiger partial charge < -0.3 is 4.74 Å². The number of H-pyrrole nitrogens is 1. The number of allylic oxidation sites excluding steroid dienone is 1. The van der Waals surface area contributed by atoms with E-state index in [1.807, 2.05) is 30.3 Å². The first-order chi connectivity index (χ1) is 22.1. The number of nitrogens with zero attached hydrogens (tertiary/aromatic N) is 5. The Kier molecular flexibility index (Phi) is 8.91. The van der Waals surface area contributed by atoms with Gasteiger partial charge in [0.05, 0.1) is 43.3 Å². The summed E-state index contributed by atoms with van der Waals surface area (Å²) in [6, 6.07) is 18.0. The lowest BCUT2D eigenvalue weighted by molar-refractivity contribution is -0.387. The number of ether oxygens (including phenoxy) is 1. The van der Waals surface area contributed by atoms with Crippen LogP contribution in [-0.2, 0) is 9.53 Å². The molecule has 0 amide bonds. The van der Waals surface area contributed by atoms with Crippen LogP contribution in [0, 0.1) is 10.1 Å². The van der Waals surface area contributed by atoms with Gasteiger partial charge in [0, 0.05) is 16.7 Å². The van der Waals surface area contributed by atoms with Gasteiger partial charge in [-0.1, -0.05) is 70.9 Å². The maximum atomic E-state index is 13.9. The third kappa shape index (κ3) is 6.14. The van der Waals surface area contributed by atoms with Gasteiger partial charge in [0.15, 0.2) is 10.6 Å². The van der Waals surface area contributed by atoms with Gasteiger partial charge in [-0.3, -0.25) is 24.6 Å². The minimum Gasteiger partial charge on any atom is -0.463 e. The number of nitro benzene ring substituents is 1. The lowest BCUT2D eigenvalue weighted by atomic mass is 9.96. The fourth-order valence-electron chi connectivity index (χ4n) is 4.94. The number of carbonyl (C=O) groups is 1. The number of fused-ring (bicyclic) bond motifs is 1. The molecule has 0 fully saturated rings. The quantitative estimate of drug-likeness (QED) is 0.119. The Morgan fingerprint density at radius 2 is 1.96 bits per heavy atom. The van der Waals surface area contributed by atoms with E-state index in [9.17, 15) is 19.7 Å². The number of thiazole rings is 1. The van der Waals surface area contributed by atoms with Crippen LogP contribution >= 0.6 is 46.3 Å². The number of halogens is 2. The Morgan fingerprint density at radius 1 is 1.17 bits per heavy atom. The Hall–Kier alpha value is -4.56. The molecule has 5 aromatic rings. The summed E-state index contributed by atoms with van der Waals surface area (Å²) >= 11 is 14.4. The average molecular weight is 694 g/mol. The minimum absolute atomic E-state index is 0.169. The van der Waals surface area contributed by atoms with Crippen molar-refractivity contribution in [2.24, 2.45) is 4.99 Å². The van der Waals surface area contributed by atoms with Gasteiger partial charge in [-0.2, -0.15) is 0 Å². The lowest BCUT2D eigenvalue weighted by Crippen LogP contribution is -2.39. The van der Waals surface area contributed by atoms with E-state index in [4.69, 9.17) is 27.9 Å². The van der Waals surface area contributed by atoms with Crippen molar-refractivity contribution in [2.75, 3.05) is 6.61 Å². The number of nitro groups is 1. The van der Waals surface area contributed by atoms with E-state index in [-0.39, 0.29) is 28.6 Å². The Balaban J connectivity index is 1.37. The molecule has 0 saturated carbocycles. The van der Waals surface area contributed by atoms with E-state index < -0.39 is 16.9 Å². The molecule has 3 aromatic carbocycles. The van der Waals surface area contributed by atoms with Crippen LogP contribution < -0.4 is 14.9 Å². The number of benzene rings is 3. The maximum Gasteiger partial charge on any atom is 0.338 e. The second-order valence-corrected chi connectivity index (χ2v) is 12.8. The van der Waals surface area contributed by atoms with Crippen LogP contribution in [0.3, 0.4) is 0 Å². The predicted molar refractivity (Wildman–Crippen MR) is 176 cm³/mol. The summed E-state index contributed by atoms with van der Waals surface area (Å²) in [5, 5.41) is 20.2. The summed E-state index contributed by atoms with van der Waals surface area (Å²) < 4.78 is 7.09. The standard InChI is InChI=1S/C31H22Cl2N6O5S2/c1-3-44-29(41)25-16(2)34-31-38(26(25)18-7-5-4-6-8-18)28(40)24(46-31)14-17-9-12-23(22(13-17)39(42)43)45-30-35-27(36-37-30)20-11-10-19(32)15-21(20)33/h4-15,26H,3H2,1-2H3,(H,35,36,37)/b24-14+/t26-/m0/s1. The molecule has 1 aliphatic heterocycles. The highest BCUT2D eigenvalue weighted by Gasteiger charge is 2.33. The van der Waals surface area contributed by atoms with E-state index in [0.29, 0.717) is 46.9 Å². The smallest absolute Gasteiger partial charge is 0.338 e. The summed E-state index contributed by atoms with van der Waals surface area (Å²) in [6.07, 6.45) is 1.57. The molecule has 1 N–H and O–H groups in total. The Labute approximate surface area is 279 Å². The summed E-state index contributed by atoms with van der Waals surface area (Å²) in [4.78, 5) is 48.2. The Morgan fingerprint density at radius 3 is 2.67 bits per heavy atom. The van der Waals surface area contributed by atoms with Crippen LogP contribution in [0.2, 0.25) is 10.0 Å². The first kappa shape index (κ1) is 31.4. The molecular weight excluding hydrogens is 671 g/mol. The van der Waals surface area contributed by atoms with Crippen molar-refractivity contribution in [1.29, 1.82) is 0 Å². The van der Waals surface area contributed by atoms with Crippen molar-refractivity contribution in [3.8, 4) is 11.4 Å². The third-order valence-electron chi connectivity index (χ3n) is 6.96. The summed E-state index contributed by atoms with van der Waals surface area (Å²) in [7, 11) is 0. The number of hydrogen-bond acceptors (Lipinski definition) is 10. The van der Waals surface area contributed by atoms with E-state index >= 15 is 0 Å². The lowest BCUT2D eigenvalue weighted by Gasteiger charge is -2.24. The van der Waals surface area contributed by atoms with Crippen molar-refractivity contribution in [3.63, 3.8) is 0 Å². The van der Waals surface area contributed by atoms with Crippen molar-refractivity contribution in [1.82, 2.24) is 19.7 Å². The van der Waals surface area contributed by atoms with Gasteiger partial charge in [0.2, 0.25) is 5.16 Å². The normalized spacial score (nSPS) is 14.6. The van der Waals surface area contributed by atoms with Crippen molar-refractivity contribution >= 4 is 64.0 Å². The SMILES string of the molecule is CCOC(=O)C1=C(C)N=c2s/c(=C/c3ccc(Sc4n[nH]c(-c5ccc(Cl)cc5Cl)n4)c([N+](=O)[O-])c3)c(=O)n2[C@H]1c1ccccc1. The van der Waals surface area contributed by atoms with Gasteiger partial charge in [0.25, 0.3) is 11.2 Å². The molecule has 0 aliphatic carbocycles. The molecule has 15 heteroatoms. The van der Waals surface area contributed by atoms with Crippen LogP contribution in [-0.4, -0.2) is 37.2 Å². The molecule has 0 bridgehead atoms. The minimum atomic E-state index is -0.749. The van der Waals surface area contributed by atoms with Gasteiger partial charge >= 0.3 is 5.97 Å². The van der Waals surface area contributed by atoms with E-state index in [1.54, 1.807) is 50.3 Å². The molecule has 0 saturated heterocycles. The molecular formula is C31H22Cl2N6O5S2. The molecule has 232 valence electrons. The number of aromatic amines is 1. The molecule has 1 aliphatic rings. The number of hydrogen-bond donors (Lipinski definition) is 1. The highest BCUT2D eigenvalue weighted by Crippen LogP contribution is 2.36. The van der Waals surface area contributed by atoms with Crippen molar-refractivity contribution < 1.29 is 14.5 Å². The molecule has 0 unspecified atom stereocenters. The zero-order chi connectivity index (χ0) is 32.5. The van der Waals surface area contributed by atoms with E-state index in [1.165, 1.54) is 10.6 Å². The van der Waals surface area contributed by atoms with Crippen LogP contribution in [0.1, 0.15) is 31.0 Å². The second-order valence-electron chi connectivity index (χ2n) is 9.89. The molecule has 1 atom stereocenters. The molecule has 0 spiro atoms. The van der Waals surface area contributed by atoms with Gasteiger partial charge in [-0.25, -0.2) is 14.8 Å². The monoisotopic (exact) mass is 692 g/mol. The predicted octanol–water partition coefficient (Wildman–Crippen LogP) is 5.95. The van der Waals surface area contributed by atoms with Gasteiger partial charge in [-0.05, 0) is 67.1 Å². The first-order valence-corrected chi connectivity index (χ1v) is 16.1. The summed E-state index contributed by atoms with van der Waals surface area (Å²) in [6.45, 7) is 3.59. The topological polar surface area (TPSA) is 145 Å². The fraction of sp³-hybridized carbons (Fsp3) is 0.129. The number of aromatic nitrogens is 4. The third-order valence-corrected chi connectivity index (χ3v) is 9.42. The van der Waals surface area contributed by atoms with Crippen LogP contribution in [0.5, 0.6) is 0 Å². The molecule has 0 radical (unpaired) electrons. The number of nitrogens with one attached hydrogen (secondary N) is 1. The van der Waals surface area contributed by atoms with Crippen molar-refractivity contribution in [3.05, 3.63) is 129 Å². The maximum absolute atomic E-state index is 13.9. The zero-order valence-electron chi connectivity index (χ0n) is 24.1. The number of rotatable bonds is 8. The molecule has 46 heavy (non-hydrogen) atoms. The van der Waals surface area contributed by atoms with Crippen molar-refractivity contribution in [2.45, 2.75) is 29.9 Å². The van der Waals surface area contributed by atoms with E-state index in [0.717, 1.165) is 28.7 Å². The Bertz CT molecular complexity index is 2230. The number of esters is 1. The summed E-state index contributed by atoms with van der Waals surface area (Å²) in [5.41, 5.74) is 1.88. The molecule has 6 rings (SSSR count). The molecule has 11 nitrogen and oxygen atoms in total. The summed E-state index contributed by atoms with van der Waals surface area (Å²) in [5.74, 6) is -0.167. The number of carbonyl (C=O) groups excluding carboxylic acids is 1. The highest BCUT2D eigenvalue weighted by atomic mass is 35.5. The molecule has 2 aromatic heterocycles. The largest absolute Gasteiger partial charge is 0.463 e. The van der Waals surface area contributed by atoms with Crippen LogP contribution in [0.25, 0.3) is 17.5 Å². The average Bonchev–Trinajstić information content (AvgIpc) is 3.61. The van der Waals surface area contributed by atoms with Gasteiger partial charge in [0.1, 0.15) is 0 Å². The fourth-order valence-corrected chi connectivity index (χ4v) is 7.28. The van der Waals surface area contributed by atoms with Gasteiger partial charge in [-0.15, -0.1) is 5.10 Å². The first-order valence-electron chi connectivity index (χ1n) is 13.7. The van der Waals surface area contributed by atoms with Crippen LogP contribution in [0.4, 0.5) is 5.69 Å². The second kappa shape index (κ2) is 13.0. The molecule has 3 heterocycles. The van der Waals surface area contributed by atoms with Crippen LogP contribution in [0.15, 0.2) is 97.8 Å². The van der Waals surface area contributed by atoms with E-state index in [2.05, 4.69) is 20.2 Å².